The SMILES string of the molecule is CCc1ccc(CNC(=NC)NCCc2c(C)noc2C)s1. The number of nitrogens with one attached hydrogen (secondary N) is 2. The van der Waals surface area contributed by atoms with Gasteiger partial charge in [0.25, 0.3) is 0 Å². The molecule has 0 aliphatic rings. The van der Waals surface area contributed by atoms with Crippen LogP contribution in [0.4, 0.5) is 0 Å². The van der Waals surface area contributed by atoms with E-state index >= 15 is 0 Å². The van der Waals surface area contributed by atoms with Crippen LogP contribution in [0.15, 0.2) is 21.6 Å². The number of hydrogen-bond donors (Lipinski definition) is 2. The standard InChI is InChI=1S/C16H24N4OS/c1-5-13-6-7-14(22-13)10-19-16(17-4)18-9-8-15-11(2)20-21-12(15)3/h6-7H,5,8-10H2,1-4H3,(H2,17,18,19). The lowest BCUT2D eigenvalue weighted by molar-refractivity contribution is 0.392. The van der Waals surface area contributed by atoms with Gasteiger partial charge in [-0.05, 0) is 38.8 Å². The zero-order valence-electron chi connectivity index (χ0n) is 13.7. The highest BCUT2D eigenvalue weighted by Gasteiger charge is 2.08. The molecule has 0 aliphatic carbocycles. The maximum absolute atomic E-state index is 5.18. The van der Waals surface area contributed by atoms with Crippen molar-refractivity contribution in [2.75, 3.05) is 13.6 Å². The van der Waals surface area contributed by atoms with Gasteiger partial charge in [0, 0.05) is 28.9 Å². The van der Waals surface area contributed by atoms with E-state index in [1.165, 1.54) is 15.3 Å². The van der Waals surface area contributed by atoms with Crippen molar-refractivity contribution in [2.45, 2.75) is 40.2 Å². The zero-order chi connectivity index (χ0) is 15.9. The van der Waals surface area contributed by atoms with Crippen molar-refractivity contribution in [1.29, 1.82) is 0 Å². The lowest BCUT2D eigenvalue weighted by Crippen LogP contribution is -2.37. The smallest absolute Gasteiger partial charge is 0.191 e. The molecule has 2 N–H and O–H groups in total. The molecule has 0 aliphatic heterocycles. The quantitative estimate of drug-likeness (QED) is 0.634. The van der Waals surface area contributed by atoms with E-state index in [2.05, 4.69) is 39.8 Å². The third-order valence-electron chi connectivity index (χ3n) is 3.57. The number of aromatic nitrogens is 1. The zero-order valence-corrected chi connectivity index (χ0v) is 14.5. The third kappa shape index (κ3) is 4.34. The molecule has 0 amide bonds. The van der Waals surface area contributed by atoms with Crippen LogP contribution in [-0.4, -0.2) is 24.7 Å². The summed E-state index contributed by atoms with van der Waals surface area (Å²) in [5, 5.41) is 10.6. The summed E-state index contributed by atoms with van der Waals surface area (Å²) in [4.78, 5) is 6.99. The Bertz CT molecular complexity index is 610. The summed E-state index contributed by atoms with van der Waals surface area (Å²) in [7, 11) is 1.79. The number of aryl methyl sites for hydroxylation is 3. The largest absolute Gasteiger partial charge is 0.361 e. The predicted octanol–water partition coefficient (Wildman–Crippen LogP) is 2.82. The van der Waals surface area contributed by atoms with Gasteiger partial charge >= 0.3 is 0 Å². The summed E-state index contributed by atoms with van der Waals surface area (Å²) in [6.45, 7) is 7.70. The van der Waals surface area contributed by atoms with Gasteiger partial charge in [-0.1, -0.05) is 12.1 Å². The second kappa shape index (κ2) is 7.98. The number of aliphatic imine (C=N–C) groups is 1. The first kappa shape index (κ1) is 16.5. The molecule has 2 rings (SSSR count). The van der Waals surface area contributed by atoms with Gasteiger partial charge in [-0.3, -0.25) is 4.99 Å². The second-order valence-corrected chi connectivity index (χ2v) is 6.38. The normalized spacial score (nSPS) is 11.7. The lowest BCUT2D eigenvalue weighted by atomic mass is 10.1. The Morgan fingerprint density at radius 2 is 2.05 bits per heavy atom. The molecule has 2 aromatic rings. The minimum Gasteiger partial charge on any atom is -0.361 e. The highest BCUT2D eigenvalue weighted by Crippen LogP contribution is 2.16. The van der Waals surface area contributed by atoms with Crippen LogP contribution in [-0.2, 0) is 19.4 Å². The molecule has 0 spiro atoms. The molecule has 0 saturated carbocycles. The van der Waals surface area contributed by atoms with Gasteiger partial charge in [0.1, 0.15) is 5.76 Å². The molecule has 0 unspecified atom stereocenters. The second-order valence-electron chi connectivity index (χ2n) is 5.13. The maximum atomic E-state index is 5.18. The Hall–Kier alpha value is -1.82. The van der Waals surface area contributed by atoms with E-state index in [0.29, 0.717) is 0 Å². The van der Waals surface area contributed by atoms with Crippen LogP contribution >= 0.6 is 11.3 Å². The highest BCUT2D eigenvalue weighted by atomic mass is 32.1. The predicted molar refractivity (Wildman–Crippen MR) is 91.6 cm³/mol. The fraction of sp³-hybridized carbons (Fsp3) is 0.500. The van der Waals surface area contributed by atoms with Crippen LogP contribution < -0.4 is 10.6 Å². The van der Waals surface area contributed by atoms with E-state index in [-0.39, 0.29) is 0 Å². The molecule has 2 aromatic heterocycles. The summed E-state index contributed by atoms with van der Waals surface area (Å²) in [5.41, 5.74) is 2.14. The summed E-state index contributed by atoms with van der Waals surface area (Å²) in [5.74, 6) is 1.71. The molecule has 6 heteroatoms. The number of nitrogens with zero attached hydrogens (tertiary/aromatic N) is 2. The van der Waals surface area contributed by atoms with Crippen molar-refractivity contribution in [2.24, 2.45) is 4.99 Å². The average molecular weight is 320 g/mol. The van der Waals surface area contributed by atoms with E-state index in [1.54, 1.807) is 7.05 Å². The van der Waals surface area contributed by atoms with Crippen LogP contribution in [0.25, 0.3) is 0 Å². The Kier molecular flexibility index (Phi) is 6.00. The molecule has 0 saturated heterocycles. The van der Waals surface area contributed by atoms with Gasteiger partial charge < -0.3 is 15.2 Å². The van der Waals surface area contributed by atoms with Crippen molar-refractivity contribution in [3.05, 3.63) is 38.9 Å². The van der Waals surface area contributed by atoms with Crippen LogP contribution in [0.3, 0.4) is 0 Å². The van der Waals surface area contributed by atoms with Gasteiger partial charge in [-0.2, -0.15) is 0 Å². The number of guanidine groups is 1. The topological polar surface area (TPSA) is 62.5 Å². The summed E-state index contributed by atoms with van der Waals surface area (Å²) < 4.78 is 5.18. The van der Waals surface area contributed by atoms with Gasteiger partial charge in [0.05, 0.1) is 12.2 Å². The van der Waals surface area contributed by atoms with E-state index < -0.39 is 0 Å². The molecule has 0 atom stereocenters. The Morgan fingerprint density at radius 1 is 1.27 bits per heavy atom. The van der Waals surface area contributed by atoms with E-state index in [4.69, 9.17) is 4.52 Å². The Labute approximate surface area is 135 Å². The summed E-state index contributed by atoms with van der Waals surface area (Å²) in [6.07, 6.45) is 1.97. The van der Waals surface area contributed by atoms with Crippen molar-refractivity contribution >= 4 is 17.3 Å². The minimum absolute atomic E-state index is 0.799. The number of thiophene rings is 1. The molecule has 0 bridgehead atoms. The van der Waals surface area contributed by atoms with E-state index in [9.17, 15) is 0 Å². The first-order valence-electron chi connectivity index (χ1n) is 7.57. The average Bonchev–Trinajstić information content (AvgIpc) is 3.11. The van der Waals surface area contributed by atoms with Crippen molar-refractivity contribution in [3.63, 3.8) is 0 Å². The summed E-state index contributed by atoms with van der Waals surface area (Å²) >= 11 is 1.85. The van der Waals surface area contributed by atoms with Crippen LogP contribution in [0.5, 0.6) is 0 Å². The fourth-order valence-electron chi connectivity index (χ4n) is 2.26. The monoisotopic (exact) mass is 320 g/mol. The number of hydrogen-bond acceptors (Lipinski definition) is 4. The molecule has 0 aromatic carbocycles. The van der Waals surface area contributed by atoms with Crippen molar-refractivity contribution < 1.29 is 4.52 Å². The highest BCUT2D eigenvalue weighted by molar-refractivity contribution is 7.11. The van der Waals surface area contributed by atoms with Crippen LogP contribution in [0.1, 0.15) is 33.7 Å². The lowest BCUT2D eigenvalue weighted by Gasteiger charge is -2.11. The molecular weight excluding hydrogens is 296 g/mol. The van der Waals surface area contributed by atoms with Crippen molar-refractivity contribution in [1.82, 2.24) is 15.8 Å². The first-order valence-corrected chi connectivity index (χ1v) is 8.39. The maximum Gasteiger partial charge on any atom is 0.191 e. The molecule has 5 nitrogen and oxygen atoms in total. The minimum atomic E-state index is 0.799. The van der Waals surface area contributed by atoms with Crippen LogP contribution in [0.2, 0.25) is 0 Å². The fourth-order valence-corrected chi connectivity index (χ4v) is 3.16. The van der Waals surface area contributed by atoms with Gasteiger partial charge in [0.15, 0.2) is 5.96 Å². The summed E-state index contributed by atoms with van der Waals surface area (Å²) in [6, 6.07) is 4.36. The van der Waals surface area contributed by atoms with Crippen molar-refractivity contribution in [3.8, 4) is 0 Å². The number of rotatable bonds is 6. The van der Waals surface area contributed by atoms with Gasteiger partial charge in [0.2, 0.25) is 0 Å². The molecule has 120 valence electrons. The Balaban J connectivity index is 1.78. The van der Waals surface area contributed by atoms with E-state index in [0.717, 1.165) is 43.3 Å². The van der Waals surface area contributed by atoms with Gasteiger partial charge in [-0.15, -0.1) is 11.3 Å². The molecule has 0 radical (unpaired) electrons. The first-order chi connectivity index (χ1) is 10.6. The van der Waals surface area contributed by atoms with E-state index in [1.807, 2.05) is 25.2 Å². The molecule has 22 heavy (non-hydrogen) atoms. The molecular formula is C16H24N4OS. The Morgan fingerprint density at radius 3 is 2.64 bits per heavy atom. The van der Waals surface area contributed by atoms with Gasteiger partial charge in [-0.25, -0.2) is 0 Å². The third-order valence-corrected chi connectivity index (χ3v) is 4.80. The molecule has 2 heterocycles. The molecule has 0 fully saturated rings. The van der Waals surface area contributed by atoms with Crippen LogP contribution in [0, 0.1) is 13.8 Å².